The fraction of sp³-hybridized carbons (Fsp3) is 0.182. The maximum absolute atomic E-state index is 11.3. The lowest BCUT2D eigenvalue weighted by atomic mass is 9.75. The Labute approximate surface area is 161 Å². The Bertz CT molecular complexity index is 1050. The Morgan fingerprint density at radius 3 is 2.56 bits per heavy atom. The predicted octanol–water partition coefficient (Wildman–Crippen LogP) is 5.72. The van der Waals surface area contributed by atoms with Crippen molar-refractivity contribution < 1.29 is 4.92 Å². The zero-order valence-electron chi connectivity index (χ0n) is 14.4. The molecule has 1 heterocycles. The van der Waals surface area contributed by atoms with Crippen LogP contribution in [-0.2, 0) is 6.42 Å². The molecule has 3 atom stereocenters. The predicted molar refractivity (Wildman–Crippen MR) is 106 cm³/mol. The van der Waals surface area contributed by atoms with E-state index in [4.69, 9.17) is 11.6 Å². The van der Waals surface area contributed by atoms with Gasteiger partial charge in [0, 0.05) is 28.8 Å². The van der Waals surface area contributed by atoms with Crippen molar-refractivity contribution in [1.82, 2.24) is 0 Å². The molecule has 1 aliphatic heterocycles. The molecule has 5 heteroatoms. The van der Waals surface area contributed by atoms with Gasteiger partial charge in [0.15, 0.2) is 0 Å². The number of rotatable bonds is 2. The summed E-state index contributed by atoms with van der Waals surface area (Å²) in [6, 6.07) is 21.7. The maximum Gasteiger partial charge on any atom is 0.269 e. The number of nitro groups is 1. The smallest absolute Gasteiger partial charge is 0.269 e. The van der Waals surface area contributed by atoms with Gasteiger partial charge in [-0.15, -0.1) is 0 Å². The van der Waals surface area contributed by atoms with Crippen molar-refractivity contribution in [3.63, 3.8) is 0 Å². The highest BCUT2D eigenvalue weighted by atomic mass is 35.5. The van der Waals surface area contributed by atoms with Crippen LogP contribution in [0.3, 0.4) is 0 Å². The van der Waals surface area contributed by atoms with Crippen molar-refractivity contribution in [3.05, 3.63) is 104 Å². The lowest BCUT2D eigenvalue weighted by Gasteiger charge is -2.37. The fourth-order valence-electron chi connectivity index (χ4n) is 4.66. The summed E-state index contributed by atoms with van der Waals surface area (Å²) < 4.78 is 0. The average molecular weight is 377 g/mol. The number of nitrogens with one attached hydrogen (secondary N) is 1. The molecule has 0 saturated heterocycles. The first-order valence-corrected chi connectivity index (χ1v) is 9.38. The van der Waals surface area contributed by atoms with E-state index in [0.717, 1.165) is 22.7 Å². The molecule has 1 aliphatic carbocycles. The van der Waals surface area contributed by atoms with E-state index in [1.54, 1.807) is 12.1 Å². The van der Waals surface area contributed by atoms with Crippen LogP contribution < -0.4 is 5.32 Å². The van der Waals surface area contributed by atoms with Gasteiger partial charge < -0.3 is 5.32 Å². The highest BCUT2D eigenvalue weighted by Gasteiger charge is 2.43. The van der Waals surface area contributed by atoms with Gasteiger partial charge in [-0.3, -0.25) is 10.1 Å². The van der Waals surface area contributed by atoms with Gasteiger partial charge in [-0.1, -0.05) is 48.0 Å². The second kappa shape index (κ2) is 6.10. The van der Waals surface area contributed by atoms with Crippen LogP contribution >= 0.6 is 11.6 Å². The van der Waals surface area contributed by atoms with E-state index in [-0.39, 0.29) is 22.6 Å². The van der Waals surface area contributed by atoms with Gasteiger partial charge in [-0.05, 0) is 52.8 Å². The monoisotopic (exact) mass is 376 g/mol. The number of halogens is 1. The van der Waals surface area contributed by atoms with Gasteiger partial charge in [0.1, 0.15) is 0 Å². The highest BCUT2D eigenvalue weighted by molar-refractivity contribution is 6.30. The van der Waals surface area contributed by atoms with Crippen molar-refractivity contribution >= 4 is 23.0 Å². The lowest BCUT2D eigenvalue weighted by molar-refractivity contribution is -0.384. The van der Waals surface area contributed by atoms with Gasteiger partial charge >= 0.3 is 0 Å². The Kier molecular flexibility index (Phi) is 3.69. The van der Waals surface area contributed by atoms with Crippen molar-refractivity contribution in [2.45, 2.75) is 18.4 Å². The number of nitrogens with zero attached hydrogens (tertiary/aromatic N) is 1. The summed E-state index contributed by atoms with van der Waals surface area (Å²) >= 11 is 6.08. The number of hydrogen-bond donors (Lipinski definition) is 1. The molecule has 0 unspecified atom stereocenters. The third-order valence-corrected chi connectivity index (χ3v) is 6.08. The van der Waals surface area contributed by atoms with Crippen molar-refractivity contribution in [3.8, 4) is 0 Å². The third kappa shape index (κ3) is 2.60. The van der Waals surface area contributed by atoms with Gasteiger partial charge in [-0.25, -0.2) is 0 Å². The molecule has 0 radical (unpaired) electrons. The Balaban J connectivity index is 1.68. The summed E-state index contributed by atoms with van der Waals surface area (Å²) in [7, 11) is 0. The topological polar surface area (TPSA) is 55.2 Å². The summed E-state index contributed by atoms with van der Waals surface area (Å²) in [6.45, 7) is 0. The molecule has 134 valence electrons. The van der Waals surface area contributed by atoms with Crippen LogP contribution in [0, 0.1) is 16.0 Å². The zero-order valence-corrected chi connectivity index (χ0v) is 15.2. The first-order valence-electron chi connectivity index (χ1n) is 9.00. The minimum absolute atomic E-state index is 0.133. The van der Waals surface area contributed by atoms with Crippen molar-refractivity contribution in [1.29, 1.82) is 0 Å². The summed E-state index contributed by atoms with van der Waals surface area (Å²) in [5, 5.41) is 15.7. The Morgan fingerprint density at radius 2 is 1.78 bits per heavy atom. The van der Waals surface area contributed by atoms with Crippen LogP contribution in [0.1, 0.15) is 34.2 Å². The quantitative estimate of drug-likeness (QED) is 0.459. The second-order valence-electron chi connectivity index (χ2n) is 7.25. The molecule has 0 amide bonds. The van der Waals surface area contributed by atoms with Gasteiger partial charge in [0.05, 0.1) is 11.0 Å². The number of fused-ring (bicyclic) bond motifs is 5. The second-order valence-corrected chi connectivity index (χ2v) is 7.68. The van der Waals surface area contributed by atoms with E-state index in [9.17, 15) is 10.1 Å². The maximum atomic E-state index is 11.3. The molecule has 0 spiro atoms. The Morgan fingerprint density at radius 1 is 1.00 bits per heavy atom. The number of non-ortho nitro benzene ring substituents is 1. The van der Waals surface area contributed by atoms with E-state index >= 15 is 0 Å². The summed E-state index contributed by atoms with van der Waals surface area (Å²) in [5.41, 5.74) is 5.93. The van der Waals surface area contributed by atoms with E-state index in [2.05, 4.69) is 41.7 Å². The summed E-state index contributed by atoms with van der Waals surface area (Å²) in [6.07, 6.45) is 0.948. The summed E-state index contributed by atoms with van der Waals surface area (Å²) in [4.78, 5) is 11.0. The van der Waals surface area contributed by atoms with Crippen LogP contribution in [0.15, 0.2) is 66.7 Å². The third-order valence-electron chi connectivity index (χ3n) is 5.82. The van der Waals surface area contributed by atoms with Gasteiger partial charge in [0.2, 0.25) is 0 Å². The van der Waals surface area contributed by atoms with Crippen molar-refractivity contribution in [2.24, 2.45) is 5.92 Å². The van der Waals surface area contributed by atoms with Crippen LogP contribution in [0.5, 0.6) is 0 Å². The van der Waals surface area contributed by atoms with Crippen LogP contribution in [0.25, 0.3) is 0 Å². The molecule has 2 aliphatic rings. The standard InChI is InChI=1S/C22H17ClN2O2/c23-15-7-5-13(6-8-15)22-19-11-14-3-1-2-4-17(14)21(19)18-12-16(25(26)27)9-10-20(18)24-22/h1-10,12,19,21-22,24H,11H2/t19-,21-,22-/m0/s1. The zero-order chi connectivity index (χ0) is 18.5. The van der Waals surface area contributed by atoms with E-state index in [1.165, 1.54) is 16.7 Å². The van der Waals surface area contributed by atoms with E-state index in [0.29, 0.717) is 5.92 Å². The number of anilines is 1. The van der Waals surface area contributed by atoms with Crippen LogP contribution in [-0.4, -0.2) is 4.92 Å². The SMILES string of the molecule is O=[N+]([O-])c1ccc2c(c1)[C@@H]1c3ccccc3C[C@@H]1[C@H](c1ccc(Cl)cc1)N2. The average Bonchev–Trinajstić information content (AvgIpc) is 3.07. The molecule has 3 aromatic rings. The van der Waals surface area contributed by atoms with Gasteiger partial charge in [-0.2, -0.15) is 0 Å². The fourth-order valence-corrected chi connectivity index (χ4v) is 4.79. The van der Waals surface area contributed by atoms with Crippen molar-refractivity contribution in [2.75, 3.05) is 5.32 Å². The van der Waals surface area contributed by atoms with E-state index in [1.807, 2.05) is 18.2 Å². The van der Waals surface area contributed by atoms with Crippen LogP contribution in [0.2, 0.25) is 5.02 Å². The molecule has 3 aromatic carbocycles. The molecular weight excluding hydrogens is 360 g/mol. The first-order chi connectivity index (χ1) is 13.1. The minimum Gasteiger partial charge on any atom is -0.378 e. The molecule has 0 bridgehead atoms. The van der Waals surface area contributed by atoms with Crippen LogP contribution in [0.4, 0.5) is 11.4 Å². The number of nitro benzene ring substituents is 1. The Hall–Kier alpha value is -2.85. The van der Waals surface area contributed by atoms with E-state index < -0.39 is 0 Å². The number of hydrogen-bond acceptors (Lipinski definition) is 3. The molecule has 4 nitrogen and oxygen atoms in total. The molecule has 5 rings (SSSR count). The first kappa shape index (κ1) is 16.3. The molecule has 0 saturated carbocycles. The molecule has 27 heavy (non-hydrogen) atoms. The normalized spacial score (nSPS) is 22.3. The minimum atomic E-state index is -0.318. The molecule has 1 N–H and O–H groups in total. The highest BCUT2D eigenvalue weighted by Crippen LogP contribution is 2.54. The molecule has 0 fully saturated rings. The number of benzene rings is 3. The van der Waals surface area contributed by atoms with Gasteiger partial charge in [0.25, 0.3) is 5.69 Å². The molecular formula is C22H17ClN2O2. The lowest BCUT2D eigenvalue weighted by Crippen LogP contribution is -2.30. The largest absolute Gasteiger partial charge is 0.378 e. The summed E-state index contributed by atoms with van der Waals surface area (Å²) in [5.74, 6) is 0.455. The molecule has 0 aromatic heterocycles.